The highest BCUT2D eigenvalue weighted by molar-refractivity contribution is 5.51. The third kappa shape index (κ3) is 1.15. The van der Waals surface area contributed by atoms with Crippen LogP contribution in [0.1, 0.15) is 5.69 Å². The molecule has 0 bridgehead atoms. The molecule has 7 nitrogen and oxygen atoms in total. The van der Waals surface area contributed by atoms with E-state index in [0.29, 0.717) is 10.4 Å². The standard InChI is InChI=1S/C7H7N5O2/c1-3-2-12(14)5-4(9-3)6(13)11-7(8)10-5/h2,14H,1H3,(H2,8,11,13). The number of nitrogens with zero attached hydrogens (tertiary/aromatic N) is 4. The largest absolute Gasteiger partial charge is 0.427 e. The van der Waals surface area contributed by atoms with Crippen molar-refractivity contribution in [1.82, 2.24) is 19.7 Å². The molecule has 2 aliphatic heterocycles. The lowest BCUT2D eigenvalue weighted by molar-refractivity contribution is 0.184. The first-order valence-electron chi connectivity index (χ1n) is 3.80. The van der Waals surface area contributed by atoms with Crippen molar-refractivity contribution < 1.29 is 5.21 Å². The summed E-state index contributed by atoms with van der Waals surface area (Å²) in [6.07, 6.45) is 1.33. The van der Waals surface area contributed by atoms with Crippen molar-refractivity contribution in [1.29, 1.82) is 0 Å². The van der Waals surface area contributed by atoms with Crippen LogP contribution in [0.25, 0.3) is 11.5 Å². The maximum absolute atomic E-state index is 11.3. The summed E-state index contributed by atoms with van der Waals surface area (Å²) in [5, 5.41) is 9.39. The minimum Gasteiger partial charge on any atom is -0.427 e. The summed E-state index contributed by atoms with van der Waals surface area (Å²) in [6, 6.07) is 0. The maximum atomic E-state index is 11.3. The molecule has 14 heavy (non-hydrogen) atoms. The average molecular weight is 193 g/mol. The highest BCUT2D eigenvalue weighted by Gasteiger charge is 2.15. The average Bonchev–Trinajstić information content (AvgIpc) is 2.07. The molecule has 0 aromatic carbocycles. The van der Waals surface area contributed by atoms with Crippen molar-refractivity contribution in [3.05, 3.63) is 22.2 Å². The molecule has 0 saturated heterocycles. The van der Waals surface area contributed by atoms with E-state index in [2.05, 4.69) is 15.0 Å². The van der Waals surface area contributed by atoms with E-state index in [-0.39, 0.29) is 17.5 Å². The van der Waals surface area contributed by atoms with Crippen LogP contribution in [0.3, 0.4) is 0 Å². The lowest BCUT2D eigenvalue weighted by atomic mass is 10.3. The summed E-state index contributed by atoms with van der Waals surface area (Å²) in [7, 11) is 0. The number of hydrogen-bond donors (Lipinski definition) is 2. The number of aryl methyl sites for hydroxylation is 1. The van der Waals surface area contributed by atoms with Gasteiger partial charge in [-0.25, -0.2) is 4.98 Å². The second kappa shape index (κ2) is 2.66. The zero-order valence-electron chi connectivity index (χ0n) is 7.30. The number of nitrogens with two attached hydrogens (primary N) is 1. The highest BCUT2D eigenvalue weighted by Crippen LogP contribution is 2.11. The number of hydrogen-bond acceptors (Lipinski definition) is 6. The van der Waals surface area contributed by atoms with Crippen LogP contribution in [0.5, 0.6) is 0 Å². The molecule has 0 atom stereocenters. The molecule has 0 aromatic heterocycles. The normalized spacial score (nSPS) is 10.6. The highest BCUT2D eigenvalue weighted by atomic mass is 16.5. The third-order valence-corrected chi connectivity index (χ3v) is 1.67. The Kier molecular flexibility index (Phi) is 1.60. The number of fused-ring (bicyclic) bond motifs is 1. The third-order valence-electron chi connectivity index (χ3n) is 1.67. The fraction of sp³-hybridized carbons (Fsp3) is 0.143. The Bertz CT molecular complexity index is 520. The van der Waals surface area contributed by atoms with E-state index in [0.717, 1.165) is 0 Å². The second-order valence-corrected chi connectivity index (χ2v) is 2.79. The van der Waals surface area contributed by atoms with E-state index in [1.807, 2.05) is 0 Å². The van der Waals surface area contributed by atoms with Gasteiger partial charge in [0.05, 0.1) is 11.9 Å². The predicted molar refractivity (Wildman–Crippen MR) is 47.0 cm³/mol. The fourth-order valence-corrected chi connectivity index (χ4v) is 1.14. The summed E-state index contributed by atoms with van der Waals surface area (Å²) >= 11 is 0. The molecule has 0 spiro atoms. The van der Waals surface area contributed by atoms with Crippen molar-refractivity contribution >= 4 is 5.95 Å². The summed E-state index contributed by atoms with van der Waals surface area (Å²) in [6.45, 7) is 1.64. The Morgan fingerprint density at radius 2 is 2.14 bits per heavy atom. The molecular weight excluding hydrogens is 186 g/mol. The van der Waals surface area contributed by atoms with Crippen molar-refractivity contribution in [2.45, 2.75) is 6.92 Å². The van der Waals surface area contributed by atoms with Gasteiger partial charge in [0, 0.05) is 0 Å². The van der Waals surface area contributed by atoms with Gasteiger partial charge in [0.25, 0.3) is 0 Å². The summed E-state index contributed by atoms with van der Waals surface area (Å²) in [5.41, 5.74) is 5.15. The van der Waals surface area contributed by atoms with E-state index in [4.69, 9.17) is 5.73 Å². The summed E-state index contributed by atoms with van der Waals surface area (Å²) < 4.78 is 0.705. The predicted octanol–water partition coefficient (Wildman–Crippen LogP) is -0.734. The van der Waals surface area contributed by atoms with Gasteiger partial charge >= 0.3 is 5.56 Å². The van der Waals surface area contributed by atoms with Crippen molar-refractivity contribution in [2.24, 2.45) is 0 Å². The molecule has 0 aromatic rings. The summed E-state index contributed by atoms with van der Waals surface area (Å²) in [5.74, 6) is -0.177. The topological polar surface area (TPSA) is 107 Å². The molecule has 0 amide bonds. The molecule has 7 heteroatoms. The van der Waals surface area contributed by atoms with E-state index in [9.17, 15) is 10.0 Å². The van der Waals surface area contributed by atoms with E-state index >= 15 is 0 Å². The minimum absolute atomic E-state index is 0.00157. The van der Waals surface area contributed by atoms with Gasteiger partial charge < -0.3 is 10.9 Å². The van der Waals surface area contributed by atoms with Crippen molar-refractivity contribution in [3.63, 3.8) is 0 Å². The first-order valence-corrected chi connectivity index (χ1v) is 3.80. The Hall–Kier alpha value is -2.18. The zero-order valence-corrected chi connectivity index (χ0v) is 7.30. The lowest BCUT2D eigenvalue weighted by Crippen LogP contribution is -2.20. The van der Waals surface area contributed by atoms with Gasteiger partial charge in [-0.1, -0.05) is 0 Å². The summed E-state index contributed by atoms with van der Waals surface area (Å²) in [4.78, 5) is 22.3. The molecule has 0 radical (unpaired) electrons. The molecule has 3 N–H and O–H groups in total. The van der Waals surface area contributed by atoms with Crippen molar-refractivity contribution in [3.8, 4) is 11.5 Å². The zero-order chi connectivity index (χ0) is 10.3. The van der Waals surface area contributed by atoms with Crippen LogP contribution < -0.4 is 11.3 Å². The SMILES string of the molecule is Cc1cn(O)c2nc(N)nc(=O)c-2n1. The lowest BCUT2D eigenvalue weighted by Gasteiger charge is -2.07. The van der Waals surface area contributed by atoms with Gasteiger partial charge in [-0.05, 0) is 6.92 Å². The molecule has 2 heterocycles. The molecule has 2 rings (SSSR count). The Morgan fingerprint density at radius 3 is 2.86 bits per heavy atom. The van der Waals surface area contributed by atoms with Crippen molar-refractivity contribution in [2.75, 3.05) is 5.73 Å². The van der Waals surface area contributed by atoms with Crippen LogP contribution >= 0.6 is 0 Å². The maximum Gasteiger partial charge on any atom is 0.302 e. The van der Waals surface area contributed by atoms with Crippen LogP contribution in [-0.4, -0.2) is 24.9 Å². The smallest absolute Gasteiger partial charge is 0.302 e. The minimum atomic E-state index is -0.598. The van der Waals surface area contributed by atoms with E-state index in [1.165, 1.54) is 6.20 Å². The van der Waals surface area contributed by atoms with Crippen LogP contribution in [0.4, 0.5) is 5.95 Å². The second-order valence-electron chi connectivity index (χ2n) is 2.79. The fourth-order valence-electron chi connectivity index (χ4n) is 1.14. The van der Waals surface area contributed by atoms with E-state index in [1.54, 1.807) is 6.92 Å². The van der Waals surface area contributed by atoms with Gasteiger partial charge in [-0.2, -0.15) is 14.7 Å². The number of anilines is 1. The monoisotopic (exact) mass is 193 g/mol. The Balaban J connectivity index is 2.93. The quantitative estimate of drug-likeness (QED) is 0.534. The van der Waals surface area contributed by atoms with Gasteiger partial charge in [-0.15, -0.1) is 0 Å². The first kappa shape index (κ1) is 8.42. The van der Waals surface area contributed by atoms with Gasteiger partial charge in [-0.3, -0.25) is 4.79 Å². The molecular formula is C7H7N5O2. The number of aromatic nitrogens is 4. The Morgan fingerprint density at radius 1 is 1.43 bits per heavy atom. The van der Waals surface area contributed by atoms with Crippen LogP contribution in [0.2, 0.25) is 0 Å². The molecule has 0 unspecified atom stereocenters. The van der Waals surface area contributed by atoms with E-state index < -0.39 is 5.56 Å². The molecule has 0 aliphatic carbocycles. The molecule has 2 aliphatic rings. The molecule has 0 saturated carbocycles. The van der Waals surface area contributed by atoms with Gasteiger partial charge in [0.1, 0.15) is 0 Å². The number of nitrogen functional groups attached to an aromatic ring is 1. The van der Waals surface area contributed by atoms with Crippen LogP contribution in [-0.2, 0) is 0 Å². The number of rotatable bonds is 0. The van der Waals surface area contributed by atoms with Gasteiger partial charge in [0.15, 0.2) is 5.69 Å². The van der Waals surface area contributed by atoms with Crippen LogP contribution in [0.15, 0.2) is 11.0 Å². The van der Waals surface area contributed by atoms with Crippen LogP contribution in [0, 0.1) is 6.92 Å². The molecule has 0 fully saturated rings. The molecule has 72 valence electrons. The van der Waals surface area contributed by atoms with Gasteiger partial charge in [0.2, 0.25) is 11.8 Å². The Labute approximate surface area is 78.2 Å². The first-order chi connectivity index (χ1) is 6.58.